The van der Waals surface area contributed by atoms with Gasteiger partial charge in [-0.1, -0.05) is 164 Å². The molecule has 0 radical (unpaired) electrons. The normalized spacial score (nSPS) is 11.3. The van der Waals surface area contributed by atoms with Crippen molar-refractivity contribution in [2.24, 2.45) is 0 Å². The average Bonchev–Trinajstić information content (AvgIpc) is 3.57. The van der Waals surface area contributed by atoms with E-state index in [-0.39, 0.29) is 0 Å². The van der Waals surface area contributed by atoms with Gasteiger partial charge < -0.3 is 0 Å². The summed E-state index contributed by atoms with van der Waals surface area (Å²) < 4.78 is 2.53. The molecule has 7 aromatic carbocycles. The van der Waals surface area contributed by atoms with Crippen LogP contribution in [0.2, 0.25) is 0 Å². The molecule has 4 heteroatoms. The highest BCUT2D eigenvalue weighted by atomic mass is 32.1. The molecule has 230 valence electrons. The van der Waals surface area contributed by atoms with Gasteiger partial charge >= 0.3 is 0 Å². The first kappa shape index (κ1) is 29.0. The average molecular weight is 644 g/mol. The van der Waals surface area contributed by atoms with Crippen molar-refractivity contribution in [3.63, 3.8) is 0 Å². The van der Waals surface area contributed by atoms with Gasteiger partial charge in [-0.2, -0.15) is 0 Å². The van der Waals surface area contributed by atoms with Gasteiger partial charge in [0.05, 0.1) is 0 Å². The second kappa shape index (κ2) is 12.4. The predicted molar refractivity (Wildman–Crippen MR) is 205 cm³/mol. The summed E-state index contributed by atoms with van der Waals surface area (Å²) in [5.41, 5.74) is 12.5. The third kappa shape index (κ3) is 5.10. The van der Waals surface area contributed by atoms with Crippen LogP contribution in [0.1, 0.15) is 0 Å². The summed E-state index contributed by atoms with van der Waals surface area (Å²) >= 11 is 1.84. The minimum absolute atomic E-state index is 0.797. The van der Waals surface area contributed by atoms with Crippen LogP contribution in [0, 0.1) is 0 Å². The number of fused-ring (bicyclic) bond motifs is 3. The number of rotatable bonds is 6. The van der Waals surface area contributed by atoms with E-state index in [1.807, 2.05) is 35.6 Å². The van der Waals surface area contributed by atoms with E-state index >= 15 is 0 Å². The van der Waals surface area contributed by atoms with Crippen molar-refractivity contribution in [2.45, 2.75) is 0 Å². The van der Waals surface area contributed by atoms with Gasteiger partial charge in [-0.05, 0) is 56.3 Å². The molecule has 0 aliphatic heterocycles. The number of aromatic nitrogens is 3. The first-order valence-electron chi connectivity index (χ1n) is 16.4. The molecule has 0 N–H and O–H groups in total. The van der Waals surface area contributed by atoms with E-state index in [0.29, 0.717) is 0 Å². The van der Waals surface area contributed by atoms with Crippen LogP contribution in [0.15, 0.2) is 176 Å². The highest BCUT2D eigenvalue weighted by Gasteiger charge is 2.25. The monoisotopic (exact) mass is 643 g/mol. The van der Waals surface area contributed by atoms with Crippen molar-refractivity contribution in [1.82, 2.24) is 15.4 Å². The lowest BCUT2D eigenvalue weighted by Crippen LogP contribution is -2.02. The Morgan fingerprint density at radius 2 is 0.857 bits per heavy atom. The third-order valence-electron chi connectivity index (χ3n) is 9.17. The summed E-state index contributed by atoms with van der Waals surface area (Å²) in [4.78, 5) is 0. The molecule has 49 heavy (non-hydrogen) atoms. The van der Waals surface area contributed by atoms with Crippen LogP contribution in [0.25, 0.3) is 87.2 Å². The van der Waals surface area contributed by atoms with Crippen LogP contribution in [0.3, 0.4) is 0 Å². The molecular formula is C45H29N3S. The molecule has 0 saturated carbocycles. The molecule has 9 aromatic rings. The highest BCUT2D eigenvalue weighted by Crippen LogP contribution is 2.49. The van der Waals surface area contributed by atoms with Crippen molar-refractivity contribution in [3.8, 4) is 67.0 Å². The van der Waals surface area contributed by atoms with Crippen LogP contribution in [-0.2, 0) is 0 Å². The van der Waals surface area contributed by atoms with Gasteiger partial charge in [0.1, 0.15) is 11.4 Å². The molecule has 0 bridgehead atoms. The Labute approximate surface area is 288 Å². The first-order chi connectivity index (χ1) is 24.3. The molecule has 0 saturated heterocycles. The lowest BCUT2D eigenvalue weighted by atomic mass is 9.83. The molecule has 0 fully saturated rings. The van der Waals surface area contributed by atoms with Crippen LogP contribution in [0.5, 0.6) is 0 Å². The van der Waals surface area contributed by atoms with Crippen LogP contribution in [0.4, 0.5) is 0 Å². The zero-order valence-electron chi connectivity index (χ0n) is 26.5. The smallest absolute Gasteiger partial charge is 0.105 e. The molecule has 9 rings (SSSR count). The maximum absolute atomic E-state index is 4.88. The van der Waals surface area contributed by atoms with Gasteiger partial charge in [-0.25, -0.2) is 0 Å². The quantitative estimate of drug-likeness (QED) is 0.181. The molecule has 0 aliphatic carbocycles. The fourth-order valence-corrected chi connectivity index (χ4v) is 8.16. The Hall–Kier alpha value is -6.23. The minimum atomic E-state index is 0.797. The largest absolute Gasteiger partial charge is 0.135 e. The van der Waals surface area contributed by atoms with Crippen LogP contribution in [-0.4, -0.2) is 15.4 Å². The molecule has 0 unspecified atom stereocenters. The van der Waals surface area contributed by atoms with Crippen molar-refractivity contribution >= 4 is 31.5 Å². The maximum atomic E-state index is 4.88. The van der Waals surface area contributed by atoms with E-state index in [9.17, 15) is 0 Å². The Morgan fingerprint density at radius 3 is 1.63 bits per heavy atom. The number of nitrogens with zero attached hydrogens (tertiary/aromatic N) is 3. The summed E-state index contributed by atoms with van der Waals surface area (Å²) in [5, 5.41) is 16.5. The Balaban J connectivity index is 1.43. The second-order valence-electron chi connectivity index (χ2n) is 12.0. The zero-order chi connectivity index (χ0) is 32.6. The fraction of sp³-hybridized carbons (Fsp3) is 0. The second-order valence-corrected chi connectivity index (χ2v) is 13.1. The topological polar surface area (TPSA) is 38.7 Å². The highest BCUT2D eigenvalue weighted by molar-refractivity contribution is 7.25. The summed E-state index contributed by atoms with van der Waals surface area (Å²) in [6.07, 6.45) is 0. The van der Waals surface area contributed by atoms with E-state index in [4.69, 9.17) is 5.10 Å². The standard InChI is InChI=1S/C45H29N3S/c1-4-16-30(17-5-1)33-22-10-11-23-34(33)35-25-14-27-38(42(35)37-26-15-29-40-43(37)36-24-12-13-28-39(36)49-40)45-41(31-18-6-2-7-19-31)44(46-48-47-45)32-20-8-3-9-21-32/h1-29H. The molecule has 2 aromatic heterocycles. The lowest BCUT2D eigenvalue weighted by Gasteiger charge is -2.21. The van der Waals surface area contributed by atoms with E-state index < -0.39 is 0 Å². The molecule has 2 heterocycles. The van der Waals surface area contributed by atoms with E-state index in [1.165, 1.54) is 36.9 Å². The van der Waals surface area contributed by atoms with E-state index in [0.717, 1.165) is 50.3 Å². The summed E-state index contributed by atoms with van der Waals surface area (Å²) in [7, 11) is 0. The number of hydrogen-bond donors (Lipinski definition) is 0. The molecule has 0 amide bonds. The molecule has 0 aliphatic rings. The van der Waals surface area contributed by atoms with Gasteiger partial charge in [0.15, 0.2) is 0 Å². The molecular weight excluding hydrogens is 615 g/mol. The molecule has 0 spiro atoms. The summed E-state index contributed by atoms with van der Waals surface area (Å²) in [6.45, 7) is 0. The lowest BCUT2D eigenvalue weighted by molar-refractivity contribution is 0.879. The van der Waals surface area contributed by atoms with Gasteiger partial charge in [0.25, 0.3) is 0 Å². The fourth-order valence-electron chi connectivity index (χ4n) is 7.02. The van der Waals surface area contributed by atoms with E-state index in [2.05, 4.69) is 162 Å². The number of hydrogen-bond acceptors (Lipinski definition) is 4. The Bertz CT molecular complexity index is 2590. The third-order valence-corrected chi connectivity index (χ3v) is 10.3. The summed E-state index contributed by atoms with van der Waals surface area (Å²) in [6, 6.07) is 62.1. The Morgan fingerprint density at radius 1 is 0.327 bits per heavy atom. The van der Waals surface area contributed by atoms with Crippen LogP contribution >= 0.6 is 11.3 Å². The maximum Gasteiger partial charge on any atom is 0.105 e. The van der Waals surface area contributed by atoms with Crippen molar-refractivity contribution in [2.75, 3.05) is 0 Å². The minimum Gasteiger partial charge on any atom is -0.135 e. The number of thiophene rings is 1. The van der Waals surface area contributed by atoms with Gasteiger partial charge in [-0.3, -0.25) is 0 Å². The SMILES string of the molecule is c1ccc(-c2ccccc2-c2cccc(-c3nnnc(-c4ccccc4)c3-c3ccccc3)c2-c2cccc3sc4ccccc4c23)cc1. The molecule has 3 nitrogen and oxygen atoms in total. The van der Waals surface area contributed by atoms with Gasteiger partial charge in [0.2, 0.25) is 0 Å². The van der Waals surface area contributed by atoms with Gasteiger partial charge in [-0.15, -0.1) is 21.5 Å². The predicted octanol–water partition coefficient (Wildman–Crippen LogP) is 12.2. The summed E-state index contributed by atoms with van der Waals surface area (Å²) in [5.74, 6) is 0. The van der Waals surface area contributed by atoms with Crippen molar-refractivity contribution in [3.05, 3.63) is 176 Å². The van der Waals surface area contributed by atoms with Gasteiger partial charge in [0, 0.05) is 36.9 Å². The first-order valence-corrected chi connectivity index (χ1v) is 17.2. The zero-order valence-corrected chi connectivity index (χ0v) is 27.3. The van der Waals surface area contributed by atoms with Crippen LogP contribution < -0.4 is 0 Å². The number of benzene rings is 7. The molecule has 0 atom stereocenters. The Kier molecular flexibility index (Phi) is 7.34. The van der Waals surface area contributed by atoms with E-state index in [1.54, 1.807) is 0 Å². The van der Waals surface area contributed by atoms with Crippen molar-refractivity contribution < 1.29 is 0 Å². The van der Waals surface area contributed by atoms with Crippen molar-refractivity contribution in [1.29, 1.82) is 0 Å².